The molecule has 43 heavy (non-hydrogen) atoms. The smallest absolute Gasteiger partial charge is 0.0393 e. The van der Waals surface area contributed by atoms with Gasteiger partial charge in [0.15, 0.2) is 0 Å². The van der Waals surface area contributed by atoms with Crippen LogP contribution >= 0.6 is 7.92 Å². The molecular formula is C41H54NP. The lowest BCUT2D eigenvalue weighted by Gasteiger charge is -2.44. The maximum Gasteiger partial charge on any atom is 0.0393 e. The Kier molecular flexibility index (Phi) is 9.68. The molecule has 4 aromatic rings. The maximum absolute atomic E-state index is 6.61. The fourth-order valence-electron chi connectivity index (χ4n) is 6.84. The van der Waals surface area contributed by atoms with E-state index in [0.717, 1.165) is 11.3 Å². The molecule has 2 heteroatoms. The molecule has 1 nitrogen and oxygen atoms in total. The van der Waals surface area contributed by atoms with Crippen LogP contribution in [-0.2, 0) is 0 Å². The van der Waals surface area contributed by atoms with Gasteiger partial charge < -0.3 is 5.73 Å². The molecule has 0 bridgehead atoms. The van der Waals surface area contributed by atoms with Crippen LogP contribution in [0.2, 0.25) is 0 Å². The van der Waals surface area contributed by atoms with Gasteiger partial charge in [-0.25, -0.2) is 0 Å². The molecule has 0 atom stereocenters. The van der Waals surface area contributed by atoms with Crippen LogP contribution in [0.1, 0.15) is 118 Å². The Labute approximate surface area is 264 Å². The Morgan fingerprint density at radius 2 is 0.930 bits per heavy atom. The summed E-state index contributed by atoms with van der Waals surface area (Å²) in [5, 5.41) is 1.69. The lowest BCUT2D eigenvalue weighted by molar-refractivity contribution is 0.715. The topological polar surface area (TPSA) is 26.0 Å². The number of hydrogen-bond acceptors (Lipinski definition) is 1. The van der Waals surface area contributed by atoms with Crippen LogP contribution in [0, 0.1) is 0 Å². The fourth-order valence-corrected chi connectivity index (χ4v) is 11.1. The van der Waals surface area contributed by atoms with Crippen LogP contribution in [0.25, 0.3) is 33.4 Å². The van der Waals surface area contributed by atoms with Crippen molar-refractivity contribution in [3.05, 3.63) is 95.6 Å². The summed E-state index contributed by atoms with van der Waals surface area (Å²) in [6.45, 7) is 28.8. The molecule has 0 aromatic heterocycles. The third kappa shape index (κ3) is 6.78. The van der Waals surface area contributed by atoms with Crippen molar-refractivity contribution in [2.45, 2.75) is 111 Å². The van der Waals surface area contributed by atoms with Crippen LogP contribution in [-0.4, -0.2) is 10.3 Å². The van der Waals surface area contributed by atoms with Crippen molar-refractivity contribution in [3.63, 3.8) is 0 Å². The van der Waals surface area contributed by atoms with E-state index in [9.17, 15) is 0 Å². The van der Waals surface area contributed by atoms with Gasteiger partial charge in [-0.1, -0.05) is 164 Å². The Morgan fingerprint density at radius 3 is 1.37 bits per heavy atom. The minimum absolute atomic E-state index is 0.0903. The molecule has 228 valence electrons. The van der Waals surface area contributed by atoms with E-state index in [1.165, 1.54) is 49.8 Å². The first kappa shape index (κ1) is 33.0. The molecule has 0 aliphatic carbocycles. The predicted octanol–water partition coefficient (Wildman–Crippen LogP) is 12.3. The van der Waals surface area contributed by atoms with Crippen LogP contribution in [0.4, 0.5) is 5.69 Å². The molecule has 0 saturated heterocycles. The SMILES string of the molecule is CC(C)c1cc(C(C)C)c(-c2cccc(-c3ccccc3-c3ccccc3N)c2P(C(C)(C)C)C(C)(C)C)c(C(C)C)c1. The zero-order valence-electron chi connectivity index (χ0n) is 28.8. The number of nitrogen functional groups attached to an aromatic ring is 1. The molecular weight excluding hydrogens is 537 g/mol. The molecule has 0 aliphatic rings. The summed E-state index contributed by atoms with van der Waals surface area (Å²) in [7, 11) is -0.630. The van der Waals surface area contributed by atoms with E-state index in [1.54, 1.807) is 0 Å². The molecule has 0 aliphatic heterocycles. The Bertz CT molecular complexity index is 1530. The summed E-state index contributed by atoms with van der Waals surface area (Å²) in [5.41, 5.74) is 19.5. The van der Waals surface area contributed by atoms with Crippen molar-refractivity contribution in [2.24, 2.45) is 0 Å². The van der Waals surface area contributed by atoms with Gasteiger partial charge in [0.25, 0.3) is 0 Å². The predicted molar refractivity (Wildman–Crippen MR) is 195 cm³/mol. The highest BCUT2D eigenvalue weighted by molar-refractivity contribution is 7.69. The minimum Gasteiger partial charge on any atom is -0.398 e. The average molecular weight is 592 g/mol. The van der Waals surface area contributed by atoms with E-state index in [2.05, 4.69) is 150 Å². The largest absolute Gasteiger partial charge is 0.398 e. The van der Waals surface area contributed by atoms with Gasteiger partial charge in [-0.2, -0.15) is 0 Å². The Balaban J connectivity index is 2.24. The number of benzene rings is 4. The first-order chi connectivity index (χ1) is 20.0. The van der Waals surface area contributed by atoms with E-state index < -0.39 is 7.92 Å². The highest BCUT2D eigenvalue weighted by atomic mass is 31.1. The van der Waals surface area contributed by atoms with E-state index >= 15 is 0 Å². The standard InChI is InChI=1S/C41H54NP/c1-26(2)29-24-35(27(3)4)38(36(25-29)28(5)6)34-22-17-21-33(39(34)43(40(7,8)9)41(10,11)12)31-19-14-13-18-30(31)32-20-15-16-23-37(32)42/h13-28H,42H2,1-12H3. The van der Waals surface area contributed by atoms with Crippen LogP contribution in [0.15, 0.2) is 78.9 Å². The molecule has 0 amide bonds. The van der Waals surface area contributed by atoms with E-state index in [-0.39, 0.29) is 10.3 Å². The Hall–Kier alpha value is -2.89. The van der Waals surface area contributed by atoms with Gasteiger partial charge in [0, 0.05) is 11.3 Å². The van der Waals surface area contributed by atoms with Crippen LogP contribution < -0.4 is 11.0 Å². The Morgan fingerprint density at radius 1 is 0.512 bits per heavy atom. The maximum atomic E-state index is 6.61. The van der Waals surface area contributed by atoms with Crippen molar-refractivity contribution in [1.82, 2.24) is 0 Å². The lowest BCUT2D eigenvalue weighted by atomic mass is 9.81. The molecule has 0 spiro atoms. The van der Waals surface area contributed by atoms with Gasteiger partial charge in [-0.15, -0.1) is 0 Å². The lowest BCUT2D eigenvalue weighted by Crippen LogP contribution is -2.33. The zero-order chi connectivity index (χ0) is 31.9. The van der Waals surface area contributed by atoms with Crippen molar-refractivity contribution in [3.8, 4) is 33.4 Å². The summed E-state index contributed by atoms with van der Waals surface area (Å²) < 4.78 is 0. The normalized spacial score (nSPS) is 12.7. The molecule has 0 unspecified atom stereocenters. The summed E-state index contributed by atoms with van der Waals surface area (Å²) in [4.78, 5) is 0. The van der Waals surface area contributed by atoms with Gasteiger partial charge in [0.2, 0.25) is 0 Å². The highest BCUT2D eigenvalue weighted by Gasteiger charge is 2.39. The van der Waals surface area contributed by atoms with E-state index in [4.69, 9.17) is 5.73 Å². The third-order valence-electron chi connectivity index (χ3n) is 8.47. The van der Waals surface area contributed by atoms with Gasteiger partial charge in [0.05, 0.1) is 0 Å². The molecule has 4 aromatic carbocycles. The third-order valence-corrected chi connectivity index (χ3v) is 12.1. The second-order valence-corrected chi connectivity index (χ2v) is 18.9. The van der Waals surface area contributed by atoms with Crippen LogP contribution in [0.3, 0.4) is 0 Å². The van der Waals surface area contributed by atoms with Crippen molar-refractivity contribution in [1.29, 1.82) is 0 Å². The van der Waals surface area contributed by atoms with Gasteiger partial charge in [-0.05, 0) is 83.9 Å². The summed E-state index contributed by atoms with van der Waals surface area (Å²) in [5.74, 6) is 1.31. The second kappa shape index (κ2) is 12.6. The molecule has 0 heterocycles. The van der Waals surface area contributed by atoms with E-state index in [0.29, 0.717) is 17.8 Å². The summed E-state index contributed by atoms with van der Waals surface area (Å²) in [6, 6.07) is 29.3. The number of para-hydroxylation sites is 1. The minimum atomic E-state index is -0.630. The monoisotopic (exact) mass is 591 g/mol. The molecule has 0 radical (unpaired) electrons. The highest BCUT2D eigenvalue weighted by Crippen LogP contribution is 2.61. The van der Waals surface area contributed by atoms with Gasteiger partial charge in [-0.3, -0.25) is 0 Å². The first-order valence-electron chi connectivity index (χ1n) is 16.1. The number of rotatable bonds is 7. The number of nitrogens with two attached hydrogens (primary N) is 1. The quantitative estimate of drug-likeness (QED) is 0.168. The number of anilines is 1. The summed E-state index contributed by atoms with van der Waals surface area (Å²) >= 11 is 0. The molecule has 0 fully saturated rings. The average Bonchev–Trinajstić information content (AvgIpc) is 2.91. The first-order valence-corrected chi connectivity index (χ1v) is 17.4. The van der Waals surface area contributed by atoms with Gasteiger partial charge >= 0.3 is 0 Å². The number of hydrogen-bond donors (Lipinski definition) is 1. The molecule has 2 N–H and O–H groups in total. The zero-order valence-corrected chi connectivity index (χ0v) is 29.7. The van der Waals surface area contributed by atoms with Crippen molar-refractivity contribution in [2.75, 3.05) is 5.73 Å². The van der Waals surface area contributed by atoms with Crippen molar-refractivity contribution >= 4 is 18.9 Å². The van der Waals surface area contributed by atoms with Crippen molar-refractivity contribution < 1.29 is 0 Å². The fraction of sp³-hybridized carbons (Fsp3) is 0.415. The van der Waals surface area contributed by atoms with E-state index in [1.807, 2.05) is 12.1 Å². The van der Waals surface area contributed by atoms with Crippen LogP contribution in [0.5, 0.6) is 0 Å². The van der Waals surface area contributed by atoms with Gasteiger partial charge in [0.1, 0.15) is 0 Å². The molecule has 0 saturated carbocycles. The molecule has 4 rings (SSSR count). The summed E-state index contributed by atoms with van der Waals surface area (Å²) in [6.07, 6.45) is 0. The second-order valence-electron chi connectivity index (χ2n) is 15.1.